The molecule has 1 heterocycles. The predicted molar refractivity (Wildman–Crippen MR) is 95.3 cm³/mol. The highest BCUT2D eigenvalue weighted by Crippen LogP contribution is 2.27. The minimum Gasteiger partial charge on any atom is -0.492 e. The summed E-state index contributed by atoms with van der Waals surface area (Å²) in [7, 11) is 0. The average Bonchev–Trinajstić information content (AvgIpc) is 2.55. The monoisotopic (exact) mass is 392 g/mol. The summed E-state index contributed by atoms with van der Waals surface area (Å²) < 4.78 is 8.13. The van der Waals surface area contributed by atoms with Gasteiger partial charge in [-0.3, -0.25) is 9.36 Å². The maximum Gasteiger partial charge on any atom is 0.261 e. The van der Waals surface area contributed by atoms with Crippen LogP contribution < -0.4 is 10.3 Å². The van der Waals surface area contributed by atoms with Gasteiger partial charge >= 0.3 is 0 Å². The zero-order chi connectivity index (χ0) is 16.2. The van der Waals surface area contributed by atoms with Gasteiger partial charge in [-0.05, 0) is 52.7 Å². The standard InChI is InChI=1S/C17H14BrClN2O2/c18-14-10-12(19)6-7-16(14)23-9-3-8-21-11-20-15-5-2-1-4-13(15)17(21)22/h1-2,4-7,10-11H,3,8-9H2. The SMILES string of the molecule is O=c1c2ccccc2ncn1CCCOc1ccc(Cl)cc1Br. The highest BCUT2D eigenvalue weighted by molar-refractivity contribution is 9.10. The van der Waals surface area contributed by atoms with Gasteiger partial charge in [0.25, 0.3) is 5.56 Å². The zero-order valence-electron chi connectivity index (χ0n) is 12.2. The molecule has 0 spiro atoms. The molecular weight excluding hydrogens is 380 g/mol. The molecule has 3 rings (SSSR count). The largest absolute Gasteiger partial charge is 0.492 e. The Kier molecular flexibility index (Phi) is 4.98. The summed E-state index contributed by atoms with van der Waals surface area (Å²) in [4.78, 5) is 16.6. The number of aromatic nitrogens is 2. The molecule has 0 N–H and O–H groups in total. The molecule has 0 bridgehead atoms. The van der Waals surface area contributed by atoms with Crippen LogP contribution in [-0.4, -0.2) is 16.2 Å². The lowest BCUT2D eigenvalue weighted by Crippen LogP contribution is -2.21. The molecule has 0 aliphatic rings. The lowest BCUT2D eigenvalue weighted by Gasteiger charge is -2.09. The van der Waals surface area contributed by atoms with Crippen molar-refractivity contribution in [2.45, 2.75) is 13.0 Å². The van der Waals surface area contributed by atoms with E-state index in [1.165, 1.54) is 0 Å². The molecule has 0 radical (unpaired) electrons. The van der Waals surface area contributed by atoms with Gasteiger partial charge in [-0.1, -0.05) is 23.7 Å². The maximum absolute atomic E-state index is 12.3. The lowest BCUT2D eigenvalue weighted by molar-refractivity contribution is 0.299. The van der Waals surface area contributed by atoms with Crippen molar-refractivity contribution >= 4 is 38.4 Å². The number of nitrogens with zero attached hydrogens (tertiary/aromatic N) is 2. The average molecular weight is 394 g/mol. The van der Waals surface area contributed by atoms with Crippen molar-refractivity contribution in [1.82, 2.24) is 9.55 Å². The third-order valence-electron chi connectivity index (χ3n) is 3.43. The van der Waals surface area contributed by atoms with Gasteiger partial charge in [0.1, 0.15) is 5.75 Å². The fourth-order valence-corrected chi connectivity index (χ4v) is 3.07. The van der Waals surface area contributed by atoms with Gasteiger partial charge in [-0.25, -0.2) is 4.98 Å². The normalized spacial score (nSPS) is 10.9. The highest BCUT2D eigenvalue weighted by Gasteiger charge is 2.04. The summed E-state index contributed by atoms with van der Waals surface area (Å²) in [5, 5.41) is 1.29. The Morgan fingerprint density at radius 1 is 1.22 bits per heavy atom. The number of ether oxygens (including phenoxy) is 1. The molecule has 4 nitrogen and oxygen atoms in total. The fraction of sp³-hybridized carbons (Fsp3) is 0.176. The molecule has 2 aromatic carbocycles. The van der Waals surface area contributed by atoms with Crippen LogP contribution in [0.25, 0.3) is 10.9 Å². The van der Waals surface area contributed by atoms with Crippen molar-refractivity contribution in [3.05, 3.63) is 68.6 Å². The van der Waals surface area contributed by atoms with E-state index in [2.05, 4.69) is 20.9 Å². The van der Waals surface area contributed by atoms with Gasteiger partial charge in [0.05, 0.1) is 28.3 Å². The van der Waals surface area contributed by atoms with Crippen molar-refractivity contribution in [1.29, 1.82) is 0 Å². The number of fused-ring (bicyclic) bond motifs is 1. The second-order valence-electron chi connectivity index (χ2n) is 5.04. The van der Waals surface area contributed by atoms with Crippen LogP contribution >= 0.6 is 27.5 Å². The van der Waals surface area contributed by atoms with E-state index in [4.69, 9.17) is 16.3 Å². The van der Waals surface area contributed by atoms with Gasteiger partial charge in [0, 0.05) is 11.6 Å². The Labute approximate surface area is 146 Å². The Morgan fingerprint density at radius 2 is 2.04 bits per heavy atom. The zero-order valence-corrected chi connectivity index (χ0v) is 14.5. The number of aryl methyl sites for hydroxylation is 1. The third kappa shape index (κ3) is 3.74. The minimum absolute atomic E-state index is 0.0247. The second kappa shape index (κ2) is 7.15. The van der Waals surface area contributed by atoms with Crippen LogP contribution in [0, 0.1) is 0 Å². The summed E-state index contributed by atoms with van der Waals surface area (Å²) >= 11 is 9.30. The van der Waals surface area contributed by atoms with E-state index in [0.29, 0.717) is 30.0 Å². The molecule has 23 heavy (non-hydrogen) atoms. The summed E-state index contributed by atoms with van der Waals surface area (Å²) in [5.41, 5.74) is 0.693. The van der Waals surface area contributed by atoms with Crippen LogP contribution in [0.5, 0.6) is 5.75 Å². The van der Waals surface area contributed by atoms with E-state index >= 15 is 0 Å². The van der Waals surface area contributed by atoms with Gasteiger partial charge in [-0.15, -0.1) is 0 Å². The molecule has 0 aliphatic heterocycles. The summed E-state index contributed by atoms with van der Waals surface area (Å²) in [6.45, 7) is 1.06. The molecule has 0 saturated carbocycles. The first kappa shape index (κ1) is 16.0. The van der Waals surface area contributed by atoms with Crippen molar-refractivity contribution in [2.24, 2.45) is 0 Å². The number of hydrogen-bond acceptors (Lipinski definition) is 3. The third-order valence-corrected chi connectivity index (χ3v) is 4.28. The first-order chi connectivity index (χ1) is 11.1. The number of hydrogen-bond donors (Lipinski definition) is 0. The Bertz CT molecular complexity index is 895. The summed E-state index contributed by atoms with van der Waals surface area (Å²) in [5.74, 6) is 0.735. The number of benzene rings is 2. The van der Waals surface area contributed by atoms with E-state index in [1.807, 2.05) is 24.3 Å². The molecule has 1 aromatic heterocycles. The van der Waals surface area contributed by atoms with Crippen LogP contribution in [0.1, 0.15) is 6.42 Å². The van der Waals surface area contributed by atoms with Crippen molar-refractivity contribution in [3.8, 4) is 5.75 Å². The molecular formula is C17H14BrClN2O2. The second-order valence-corrected chi connectivity index (χ2v) is 6.33. The van der Waals surface area contributed by atoms with Crippen LogP contribution in [0.2, 0.25) is 5.02 Å². The van der Waals surface area contributed by atoms with E-state index in [1.54, 1.807) is 29.1 Å². The van der Waals surface area contributed by atoms with Crippen LogP contribution in [0.15, 0.2) is 58.1 Å². The lowest BCUT2D eigenvalue weighted by atomic mass is 10.2. The molecule has 3 aromatic rings. The van der Waals surface area contributed by atoms with Gasteiger partial charge in [0.15, 0.2) is 0 Å². The van der Waals surface area contributed by atoms with Crippen molar-refractivity contribution in [2.75, 3.05) is 6.61 Å². The topological polar surface area (TPSA) is 44.1 Å². The molecule has 0 fully saturated rings. The molecule has 0 aliphatic carbocycles. The summed E-state index contributed by atoms with van der Waals surface area (Å²) in [6, 6.07) is 12.7. The minimum atomic E-state index is -0.0247. The Morgan fingerprint density at radius 3 is 2.87 bits per heavy atom. The smallest absolute Gasteiger partial charge is 0.261 e. The van der Waals surface area contributed by atoms with Gasteiger partial charge in [0.2, 0.25) is 0 Å². The van der Waals surface area contributed by atoms with E-state index in [-0.39, 0.29) is 5.56 Å². The maximum atomic E-state index is 12.3. The molecule has 0 unspecified atom stereocenters. The van der Waals surface area contributed by atoms with Crippen molar-refractivity contribution in [3.63, 3.8) is 0 Å². The van der Waals surface area contributed by atoms with Crippen LogP contribution in [-0.2, 0) is 6.54 Å². The van der Waals surface area contributed by atoms with Gasteiger partial charge in [-0.2, -0.15) is 0 Å². The summed E-state index contributed by atoms with van der Waals surface area (Å²) in [6.07, 6.45) is 2.29. The molecule has 0 saturated heterocycles. The first-order valence-corrected chi connectivity index (χ1v) is 8.34. The number of rotatable bonds is 5. The Balaban J connectivity index is 1.63. The number of para-hydroxylation sites is 1. The molecule has 118 valence electrons. The first-order valence-electron chi connectivity index (χ1n) is 7.17. The molecule has 6 heteroatoms. The highest BCUT2D eigenvalue weighted by atomic mass is 79.9. The predicted octanol–water partition coefficient (Wildman–Crippen LogP) is 4.28. The van der Waals surface area contributed by atoms with E-state index < -0.39 is 0 Å². The fourth-order valence-electron chi connectivity index (χ4n) is 2.27. The van der Waals surface area contributed by atoms with Gasteiger partial charge < -0.3 is 4.74 Å². The Hall–Kier alpha value is -1.85. The van der Waals surface area contributed by atoms with E-state index in [9.17, 15) is 4.79 Å². The van der Waals surface area contributed by atoms with E-state index in [0.717, 1.165) is 15.7 Å². The van der Waals surface area contributed by atoms with Crippen LogP contribution in [0.3, 0.4) is 0 Å². The van der Waals surface area contributed by atoms with Crippen molar-refractivity contribution < 1.29 is 4.74 Å². The molecule has 0 amide bonds. The quantitative estimate of drug-likeness (QED) is 0.608. The number of halogens is 2. The molecule has 0 atom stereocenters. The van der Waals surface area contributed by atoms with Crippen LogP contribution in [0.4, 0.5) is 0 Å².